The molecule has 1 aliphatic rings. The van der Waals surface area contributed by atoms with E-state index in [1.165, 1.54) is 0 Å². The van der Waals surface area contributed by atoms with Gasteiger partial charge in [0.1, 0.15) is 5.75 Å². The van der Waals surface area contributed by atoms with Crippen LogP contribution in [0.4, 0.5) is 0 Å². The summed E-state index contributed by atoms with van der Waals surface area (Å²) >= 11 is 0. The van der Waals surface area contributed by atoms with Crippen LogP contribution in [0.15, 0.2) is 24.3 Å². The molecule has 18 heavy (non-hydrogen) atoms. The first-order valence-corrected chi connectivity index (χ1v) is 6.32. The molecule has 1 N–H and O–H groups in total. The molecule has 4 heteroatoms. The minimum absolute atomic E-state index is 0.104. The minimum Gasteiger partial charge on any atom is -0.497 e. The Bertz CT molecular complexity index is 420. The largest absolute Gasteiger partial charge is 0.497 e. The van der Waals surface area contributed by atoms with E-state index in [0.717, 1.165) is 31.8 Å². The van der Waals surface area contributed by atoms with Crippen molar-refractivity contribution in [3.05, 3.63) is 29.8 Å². The van der Waals surface area contributed by atoms with Crippen LogP contribution in [-0.2, 0) is 0 Å². The van der Waals surface area contributed by atoms with E-state index in [4.69, 9.17) is 4.74 Å². The van der Waals surface area contributed by atoms with Crippen molar-refractivity contribution in [2.75, 3.05) is 33.8 Å². The van der Waals surface area contributed by atoms with Gasteiger partial charge in [-0.2, -0.15) is 0 Å². The van der Waals surface area contributed by atoms with Crippen molar-refractivity contribution in [2.45, 2.75) is 6.42 Å². The molecule has 0 spiro atoms. The number of hydrogen-bond donors (Lipinski definition) is 1. The molecule has 1 aliphatic heterocycles. The summed E-state index contributed by atoms with van der Waals surface area (Å²) in [5, 5.41) is 3.17. The summed E-state index contributed by atoms with van der Waals surface area (Å²) in [6.07, 6.45) is 1.08. The van der Waals surface area contributed by atoms with E-state index in [2.05, 4.69) is 5.32 Å². The van der Waals surface area contributed by atoms with Crippen LogP contribution in [-0.4, -0.2) is 44.6 Å². The van der Waals surface area contributed by atoms with Crippen LogP contribution in [0.1, 0.15) is 16.8 Å². The monoisotopic (exact) mass is 248 g/mol. The standard InChI is InChI=1S/C14H20N2O2/c1-15-9-11-6-7-16(10-11)14(17)12-4-3-5-13(8-12)18-2/h3-5,8,11,15H,6-7,9-10H2,1-2H3/t11-/m1/s1. The van der Waals surface area contributed by atoms with E-state index < -0.39 is 0 Å². The van der Waals surface area contributed by atoms with E-state index in [1.807, 2.05) is 30.1 Å². The molecule has 98 valence electrons. The highest BCUT2D eigenvalue weighted by Crippen LogP contribution is 2.20. The van der Waals surface area contributed by atoms with Gasteiger partial charge in [0.15, 0.2) is 0 Å². The average Bonchev–Trinajstić information content (AvgIpc) is 2.87. The normalized spacial score (nSPS) is 19.0. The van der Waals surface area contributed by atoms with E-state index in [0.29, 0.717) is 11.5 Å². The smallest absolute Gasteiger partial charge is 0.253 e. The molecular formula is C14H20N2O2. The third-order valence-corrected chi connectivity index (χ3v) is 3.38. The van der Waals surface area contributed by atoms with Gasteiger partial charge in [-0.3, -0.25) is 4.79 Å². The lowest BCUT2D eigenvalue weighted by atomic mass is 10.1. The molecule has 1 aromatic carbocycles. The Balaban J connectivity index is 2.03. The molecule has 0 saturated carbocycles. The van der Waals surface area contributed by atoms with Crippen molar-refractivity contribution in [1.29, 1.82) is 0 Å². The number of likely N-dealkylation sites (tertiary alicyclic amines) is 1. The van der Waals surface area contributed by atoms with Crippen molar-refractivity contribution in [3.63, 3.8) is 0 Å². The first kappa shape index (κ1) is 12.9. The van der Waals surface area contributed by atoms with E-state index >= 15 is 0 Å². The fourth-order valence-corrected chi connectivity index (χ4v) is 2.41. The lowest BCUT2D eigenvalue weighted by Crippen LogP contribution is -2.30. The predicted molar refractivity (Wildman–Crippen MR) is 70.9 cm³/mol. The van der Waals surface area contributed by atoms with Gasteiger partial charge in [0.2, 0.25) is 0 Å². The zero-order valence-corrected chi connectivity index (χ0v) is 11.0. The summed E-state index contributed by atoms with van der Waals surface area (Å²) < 4.78 is 5.15. The molecule has 0 unspecified atom stereocenters. The number of methoxy groups -OCH3 is 1. The lowest BCUT2D eigenvalue weighted by Gasteiger charge is -2.17. The molecule has 0 aromatic heterocycles. The number of nitrogens with one attached hydrogen (secondary N) is 1. The molecule has 0 aliphatic carbocycles. The number of nitrogens with zero attached hydrogens (tertiary/aromatic N) is 1. The molecule has 1 heterocycles. The molecule has 1 amide bonds. The van der Waals surface area contributed by atoms with E-state index in [-0.39, 0.29) is 5.91 Å². The van der Waals surface area contributed by atoms with Crippen LogP contribution in [0.5, 0.6) is 5.75 Å². The Hall–Kier alpha value is -1.55. The fraction of sp³-hybridized carbons (Fsp3) is 0.500. The van der Waals surface area contributed by atoms with Crippen LogP contribution >= 0.6 is 0 Å². The third-order valence-electron chi connectivity index (χ3n) is 3.38. The molecule has 0 bridgehead atoms. The number of carbonyl (C=O) groups is 1. The van der Waals surface area contributed by atoms with Gasteiger partial charge in [0.25, 0.3) is 5.91 Å². The van der Waals surface area contributed by atoms with Crippen molar-refractivity contribution in [3.8, 4) is 5.75 Å². The number of hydrogen-bond acceptors (Lipinski definition) is 3. The van der Waals surface area contributed by atoms with E-state index in [9.17, 15) is 4.79 Å². The summed E-state index contributed by atoms with van der Waals surface area (Å²) in [6.45, 7) is 2.67. The number of carbonyl (C=O) groups excluding carboxylic acids is 1. The Morgan fingerprint density at radius 1 is 1.56 bits per heavy atom. The van der Waals surface area contributed by atoms with E-state index in [1.54, 1.807) is 13.2 Å². The summed E-state index contributed by atoms with van der Waals surface area (Å²) in [5.41, 5.74) is 0.708. The highest BCUT2D eigenvalue weighted by molar-refractivity contribution is 5.94. The van der Waals surface area contributed by atoms with Gasteiger partial charge in [0.05, 0.1) is 7.11 Å². The Morgan fingerprint density at radius 3 is 3.11 bits per heavy atom. The zero-order chi connectivity index (χ0) is 13.0. The minimum atomic E-state index is 0.104. The maximum atomic E-state index is 12.3. The summed E-state index contributed by atoms with van der Waals surface area (Å²) in [7, 11) is 3.56. The maximum Gasteiger partial charge on any atom is 0.253 e. The van der Waals surface area contributed by atoms with Crippen LogP contribution in [0.25, 0.3) is 0 Å². The highest BCUT2D eigenvalue weighted by atomic mass is 16.5. The quantitative estimate of drug-likeness (QED) is 0.875. The first-order valence-electron chi connectivity index (χ1n) is 6.32. The predicted octanol–water partition coefficient (Wildman–Crippen LogP) is 1.38. The molecule has 0 radical (unpaired) electrons. The van der Waals surface area contributed by atoms with Crippen molar-refractivity contribution >= 4 is 5.91 Å². The molecule has 1 aromatic rings. The summed E-state index contributed by atoms with van der Waals surface area (Å²) in [4.78, 5) is 14.2. The Labute approximate surface area is 108 Å². The molecule has 1 saturated heterocycles. The van der Waals surface area contributed by atoms with Crippen LogP contribution < -0.4 is 10.1 Å². The summed E-state index contributed by atoms with van der Waals surface area (Å²) in [6, 6.07) is 7.35. The van der Waals surface area contributed by atoms with Crippen molar-refractivity contribution in [2.24, 2.45) is 5.92 Å². The second-order valence-electron chi connectivity index (χ2n) is 4.70. The second-order valence-corrected chi connectivity index (χ2v) is 4.70. The van der Waals surface area contributed by atoms with Crippen molar-refractivity contribution < 1.29 is 9.53 Å². The topological polar surface area (TPSA) is 41.6 Å². The molecule has 4 nitrogen and oxygen atoms in total. The van der Waals surface area contributed by atoms with Crippen molar-refractivity contribution in [1.82, 2.24) is 10.2 Å². The Kier molecular flexibility index (Phi) is 4.20. The number of benzene rings is 1. The third kappa shape index (κ3) is 2.82. The van der Waals surface area contributed by atoms with Crippen LogP contribution in [0.3, 0.4) is 0 Å². The van der Waals surface area contributed by atoms with Gasteiger partial charge >= 0.3 is 0 Å². The van der Waals surface area contributed by atoms with Gasteiger partial charge in [-0.1, -0.05) is 6.07 Å². The number of amides is 1. The average molecular weight is 248 g/mol. The van der Waals surface area contributed by atoms with Crippen LogP contribution in [0.2, 0.25) is 0 Å². The zero-order valence-electron chi connectivity index (χ0n) is 11.0. The summed E-state index contributed by atoms with van der Waals surface area (Å²) in [5.74, 6) is 1.41. The van der Waals surface area contributed by atoms with Gasteiger partial charge in [0, 0.05) is 18.7 Å². The first-order chi connectivity index (χ1) is 8.74. The molecule has 1 fully saturated rings. The fourth-order valence-electron chi connectivity index (χ4n) is 2.41. The SMILES string of the molecule is CNC[C@H]1CCN(C(=O)c2cccc(OC)c2)C1. The van der Waals surface area contributed by atoms with Gasteiger partial charge in [-0.05, 0) is 44.1 Å². The van der Waals surface area contributed by atoms with Crippen LogP contribution in [0, 0.1) is 5.92 Å². The Morgan fingerprint density at radius 2 is 2.39 bits per heavy atom. The molecular weight excluding hydrogens is 228 g/mol. The molecule has 2 rings (SSSR count). The molecule has 1 atom stereocenters. The number of ether oxygens (including phenoxy) is 1. The van der Waals surface area contributed by atoms with Gasteiger partial charge in [-0.15, -0.1) is 0 Å². The number of rotatable bonds is 4. The lowest BCUT2D eigenvalue weighted by molar-refractivity contribution is 0.0787. The second kappa shape index (κ2) is 5.87. The highest BCUT2D eigenvalue weighted by Gasteiger charge is 2.26. The van der Waals surface area contributed by atoms with Gasteiger partial charge in [-0.25, -0.2) is 0 Å². The maximum absolute atomic E-state index is 12.3. The van der Waals surface area contributed by atoms with Gasteiger partial charge < -0.3 is 15.0 Å².